The lowest BCUT2D eigenvalue weighted by molar-refractivity contribution is 0.102. The first-order chi connectivity index (χ1) is 13.0. The third-order valence-corrected chi connectivity index (χ3v) is 4.48. The van der Waals surface area contributed by atoms with E-state index in [2.05, 4.69) is 15.5 Å². The molecule has 0 saturated carbocycles. The molecule has 0 aliphatic carbocycles. The van der Waals surface area contributed by atoms with Crippen LogP contribution in [0.25, 0.3) is 11.1 Å². The highest BCUT2D eigenvalue weighted by atomic mass is 16.5. The number of anilines is 1. The van der Waals surface area contributed by atoms with Gasteiger partial charge in [-0.1, -0.05) is 19.0 Å². The summed E-state index contributed by atoms with van der Waals surface area (Å²) in [5.74, 6) is 1.23. The lowest BCUT2D eigenvalue weighted by Gasteiger charge is -2.12. The van der Waals surface area contributed by atoms with E-state index in [1.807, 2.05) is 19.9 Å². The number of benzene rings is 1. The van der Waals surface area contributed by atoms with Gasteiger partial charge in [0.2, 0.25) is 0 Å². The number of nitrogens with one attached hydrogen (secondary N) is 1. The van der Waals surface area contributed by atoms with E-state index in [-0.39, 0.29) is 11.8 Å². The van der Waals surface area contributed by atoms with Crippen molar-refractivity contribution in [2.75, 3.05) is 18.5 Å². The summed E-state index contributed by atoms with van der Waals surface area (Å²) in [6.45, 7) is 7.05. The first kappa shape index (κ1) is 17.3. The van der Waals surface area contributed by atoms with E-state index < -0.39 is 0 Å². The molecule has 1 aromatic carbocycles. The van der Waals surface area contributed by atoms with E-state index in [1.54, 1.807) is 25.1 Å². The molecule has 27 heavy (non-hydrogen) atoms. The largest absolute Gasteiger partial charge is 0.490 e. The fourth-order valence-electron chi connectivity index (χ4n) is 3.03. The molecule has 0 saturated heterocycles. The summed E-state index contributed by atoms with van der Waals surface area (Å²) in [5.41, 5.74) is 2.92. The van der Waals surface area contributed by atoms with Crippen molar-refractivity contribution in [1.29, 1.82) is 0 Å². The maximum Gasteiger partial charge on any atom is 0.259 e. The van der Waals surface area contributed by atoms with Gasteiger partial charge >= 0.3 is 0 Å². The summed E-state index contributed by atoms with van der Waals surface area (Å²) in [6, 6.07) is 7.19. The molecule has 0 radical (unpaired) electrons. The molecule has 4 rings (SSSR count). The summed E-state index contributed by atoms with van der Waals surface area (Å²) in [5, 5.41) is 7.52. The minimum absolute atomic E-state index is 0.157. The van der Waals surface area contributed by atoms with Gasteiger partial charge < -0.3 is 19.3 Å². The van der Waals surface area contributed by atoms with Gasteiger partial charge in [0.1, 0.15) is 0 Å². The number of hydrogen-bond acceptors (Lipinski definition) is 6. The van der Waals surface area contributed by atoms with Crippen LogP contribution in [0.15, 0.2) is 28.8 Å². The normalized spacial score (nSPS) is 13.6. The smallest absolute Gasteiger partial charge is 0.259 e. The third-order valence-electron chi connectivity index (χ3n) is 4.48. The van der Waals surface area contributed by atoms with Crippen LogP contribution in [0.4, 0.5) is 5.69 Å². The second-order valence-electron chi connectivity index (χ2n) is 6.86. The lowest BCUT2D eigenvalue weighted by atomic mass is 10.0. The van der Waals surface area contributed by atoms with Gasteiger partial charge in [-0.25, -0.2) is 4.98 Å². The van der Waals surface area contributed by atoms with Crippen molar-refractivity contribution < 1.29 is 18.8 Å². The molecule has 0 fully saturated rings. The number of rotatable bonds is 3. The molecule has 0 spiro atoms. The van der Waals surface area contributed by atoms with E-state index in [4.69, 9.17) is 14.0 Å². The van der Waals surface area contributed by atoms with Gasteiger partial charge in [-0.2, -0.15) is 0 Å². The van der Waals surface area contributed by atoms with Crippen LogP contribution in [0.3, 0.4) is 0 Å². The van der Waals surface area contributed by atoms with Gasteiger partial charge in [0, 0.05) is 23.9 Å². The maximum absolute atomic E-state index is 13.0. The number of hydrogen-bond donors (Lipinski definition) is 1. The molecule has 1 amide bonds. The highest BCUT2D eigenvalue weighted by Crippen LogP contribution is 2.33. The number of aromatic nitrogens is 2. The Bertz CT molecular complexity index is 1010. The minimum Gasteiger partial charge on any atom is -0.490 e. The zero-order chi connectivity index (χ0) is 19.0. The highest BCUT2D eigenvalue weighted by molar-refractivity contribution is 6.12. The maximum atomic E-state index is 13.0. The molecular weight excluding hydrogens is 346 g/mol. The third kappa shape index (κ3) is 3.32. The second kappa shape index (κ2) is 6.90. The van der Waals surface area contributed by atoms with Crippen LogP contribution >= 0.6 is 0 Å². The quantitative estimate of drug-likeness (QED) is 0.751. The predicted octanol–water partition coefficient (Wildman–Crippen LogP) is 4.07. The standard InChI is InChI=1S/C20H21N3O4/c1-11(2)15-10-14(18-12(3)23-27-20(18)22-15)19(24)21-13-5-6-16-17(9-13)26-8-4-7-25-16/h5-6,9-11H,4,7-8H2,1-3H3,(H,21,24). The molecule has 0 atom stereocenters. The summed E-state index contributed by atoms with van der Waals surface area (Å²) in [6.07, 6.45) is 0.829. The number of nitrogens with zero attached hydrogens (tertiary/aromatic N) is 2. The van der Waals surface area contributed by atoms with E-state index >= 15 is 0 Å². The summed E-state index contributed by atoms with van der Waals surface area (Å²) >= 11 is 0. The van der Waals surface area contributed by atoms with Crippen molar-refractivity contribution in [2.24, 2.45) is 0 Å². The Hall–Kier alpha value is -3.09. The van der Waals surface area contributed by atoms with Gasteiger partial charge in [0.15, 0.2) is 11.5 Å². The van der Waals surface area contributed by atoms with Crippen molar-refractivity contribution in [2.45, 2.75) is 33.1 Å². The lowest BCUT2D eigenvalue weighted by Crippen LogP contribution is -2.14. The topological polar surface area (TPSA) is 86.5 Å². The van der Waals surface area contributed by atoms with E-state index in [9.17, 15) is 4.79 Å². The van der Waals surface area contributed by atoms with Crippen LogP contribution < -0.4 is 14.8 Å². The van der Waals surface area contributed by atoms with Gasteiger partial charge in [-0.05, 0) is 31.0 Å². The molecule has 7 heteroatoms. The van der Waals surface area contributed by atoms with Gasteiger partial charge in [-0.15, -0.1) is 0 Å². The van der Waals surface area contributed by atoms with Crippen molar-refractivity contribution in [1.82, 2.24) is 10.1 Å². The number of pyridine rings is 1. The molecule has 0 unspecified atom stereocenters. The Kier molecular flexibility index (Phi) is 4.43. The highest BCUT2D eigenvalue weighted by Gasteiger charge is 2.20. The first-order valence-corrected chi connectivity index (χ1v) is 9.01. The number of carbonyl (C=O) groups excluding carboxylic acids is 1. The summed E-state index contributed by atoms with van der Waals surface area (Å²) in [4.78, 5) is 17.5. The SMILES string of the molecule is Cc1noc2nc(C(C)C)cc(C(=O)Nc3ccc4c(c3)OCCCO4)c12. The van der Waals surface area contributed by atoms with Gasteiger partial charge in [-0.3, -0.25) is 4.79 Å². The molecule has 1 aliphatic rings. The minimum atomic E-state index is -0.245. The van der Waals surface area contributed by atoms with Crippen LogP contribution in [-0.4, -0.2) is 29.3 Å². The Morgan fingerprint density at radius 1 is 1.15 bits per heavy atom. The molecular formula is C20H21N3O4. The van der Waals surface area contributed by atoms with Crippen molar-refractivity contribution in [3.8, 4) is 11.5 Å². The Morgan fingerprint density at radius 2 is 1.93 bits per heavy atom. The molecule has 7 nitrogen and oxygen atoms in total. The monoisotopic (exact) mass is 367 g/mol. The van der Waals surface area contributed by atoms with Crippen LogP contribution in [0.5, 0.6) is 11.5 Å². The van der Waals surface area contributed by atoms with Crippen LogP contribution in [0, 0.1) is 6.92 Å². The Labute approximate surface area is 156 Å². The average Bonchev–Trinajstić information content (AvgIpc) is 2.88. The predicted molar refractivity (Wildman–Crippen MR) is 101 cm³/mol. The first-order valence-electron chi connectivity index (χ1n) is 9.01. The van der Waals surface area contributed by atoms with Crippen molar-refractivity contribution >= 4 is 22.7 Å². The number of fused-ring (bicyclic) bond motifs is 2. The average molecular weight is 367 g/mol. The molecule has 1 aliphatic heterocycles. The van der Waals surface area contributed by atoms with E-state index in [0.717, 1.165) is 12.1 Å². The molecule has 1 N–H and O–H groups in total. The van der Waals surface area contributed by atoms with E-state index in [1.165, 1.54) is 0 Å². The Balaban J connectivity index is 1.69. The number of amides is 1. The molecule has 2 aromatic heterocycles. The summed E-state index contributed by atoms with van der Waals surface area (Å²) in [7, 11) is 0. The van der Waals surface area contributed by atoms with Gasteiger partial charge in [0.25, 0.3) is 11.6 Å². The van der Waals surface area contributed by atoms with Crippen LogP contribution in [0.2, 0.25) is 0 Å². The fraction of sp³-hybridized carbons (Fsp3) is 0.350. The molecule has 0 bridgehead atoms. The van der Waals surface area contributed by atoms with Crippen molar-refractivity contribution in [3.63, 3.8) is 0 Å². The van der Waals surface area contributed by atoms with Crippen LogP contribution in [0.1, 0.15) is 47.9 Å². The summed E-state index contributed by atoms with van der Waals surface area (Å²) < 4.78 is 16.6. The number of ether oxygens (including phenoxy) is 2. The van der Waals surface area contributed by atoms with E-state index in [0.29, 0.717) is 52.8 Å². The molecule has 140 valence electrons. The fourth-order valence-corrected chi connectivity index (χ4v) is 3.03. The zero-order valence-corrected chi connectivity index (χ0v) is 15.5. The number of carbonyl (C=O) groups is 1. The second-order valence-corrected chi connectivity index (χ2v) is 6.86. The van der Waals surface area contributed by atoms with Crippen LogP contribution in [-0.2, 0) is 0 Å². The Morgan fingerprint density at radius 3 is 2.70 bits per heavy atom. The molecule has 3 aromatic rings. The zero-order valence-electron chi connectivity index (χ0n) is 15.5. The van der Waals surface area contributed by atoms with Crippen molar-refractivity contribution in [3.05, 3.63) is 41.2 Å². The van der Waals surface area contributed by atoms with Gasteiger partial charge in [0.05, 0.1) is 29.9 Å². The number of aryl methyl sites for hydroxylation is 1. The molecule has 3 heterocycles.